The summed E-state index contributed by atoms with van der Waals surface area (Å²) in [7, 11) is 0. The van der Waals surface area contributed by atoms with Crippen LogP contribution in [-0.4, -0.2) is 0 Å². The molecule has 0 aromatic carbocycles. The normalized spacial score (nSPS) is 16.1. The molecule has 3 unspecified atom stereocenters. The molecular weight excluding hydrogens is 240 g/mol. The molecule has 0 aromatic heterocycles. The molecule has 0 aromatic rings. The fourth-order valence-electron chi connectivity index (χ4n) is 3.15. The van der Waals surface area contributed by atoms with Crippen LogP contribution in [0.15, 0.2) is 0 Å². The third kappa shape index (κ3) is 13.0. The highest BCUT2D eigenvalue weighted by Crippen LogP contribution is 2.24. The predicted octanol–water partition coefficient (Wildman–Crippen LogP) is 7.62. The Morgan fingerprint density at radius 1 is 0.550 bits per heavy atom. The zero-order chi connectivity index (χ0) is 15.2. The van der Waals surface area contributed by atoms with Crippen LogP contribution in [0.5, 0.6) is 0 Å². The van der Waals surface area contributed by atoms with Crippen LogP contribution >= 0.6 is 0 Å². The Kier molecular flexibility index (Phi) is 14.0. The lowest BCUT2D eigenvalue weighted by atomic mass is 9.88. The van der Waals surface area contributed by atoms with Gasteiger partial charge in [-0.05, 0) is 24.2 Å². The second-order valence-electron chi connectivity index (χ2n) is 7.45. The van der Waals surface area contributed by atoms with E-state index in [9.17, 15) is 0 Å². The van der Waals surface area contributed by atoms with Crippen molar-refractivity contribution in [2.75, 3.05) is 0 Å². The van der Waals surface area contributed by atoms with Gasteiger partial charge < -0.3 is 0 Å². The Hall–Kier alpha value is 0. The molecule has 0 rings (SSSR count). The molecule has 0 aliphatic heterocycles. The van der Waals surface area contributed by atoms with E-state index in [1.165, 1.54) is 77.0 Å². The maximum atomic E-state index is 2.47. The Morgan fingerprint density at radius 3 is 1.65 bits per heavy atom. The molecular formula is C20H42. The average molecular weight is 283 g/mol. The van der Waals surface area contributed by atoms with Gasteiger partial charge in [0.25, 0.3) is 0 Å². The number of hydrogen-bond donors (Lipinski definition) is 0. The first-order chi connectivity index (χ1) is 9.60. The molecule has 0 bridgehead atoms. The molecule has 0 aliphatic carbocycles. The topological polar surface area (TPSA) is 0 Å². The van der Waals surface area contributed by atoms with Crippen LogP contribution in [0.1, 0.15) is 112 Å². The first-order valence-corrected chi connectivity index (χ1v) is 9.60. The van der Waals surface area contributed by atoms with E-state index < -0.39 is 0 Å². The smallest absolute Gasteiger partial charge is 0.0440 e. The van der Waals surface area contributed by atoms with Crippen LogP contribution in [-0.2, 0) is 0 Å². The zero-order valence-electron chi connectivity index (χ0n) is 15.2. The average Bonchev–Trinajstić information content (AvgIpc) is 2.43. The van der Waals surface area contributed by atoms with Crippen molar-refractivity contribution in [2.24, 2.45) is 17.8 Å². The molecule has 0 saturated carbocycles. The van der Waals surface area contributed by atoms with Crippen molar-refractivity contribution in [3.63, 3.8) is 0 Å². The molecule has 0 heteroatoms. The molecule has 0 fully saturated rings. The van der Waals surface area contributed by atoms with Crippen LogP contribution in [0.3, 0.4) is 0 Å². The minimum absolute atomic E-state index is 0.927. The van der Waals surface area contributed by atoms with Crippen molar-refractivity contribution >= 4 is 0 Å². The fourth-order valence-corrected chi connectivity index (χ4v) is 3.15. The minimum Gasteiger partial charge on any atom is -0.0654 e. The highest BCUT2D eigenvalue weighted by Gasteiger charge is 2.10. The Bertz CT molecular complexity index is 184. The van der Waals surface area contributed by atoms with Gasteiger partial charge in [0.05, 0.1) is 0 Å². The van der Waals surface area contributed by atoms with Crippen LogP contribution in [0.2, 0.25) is 0 Å². The lowest BCUT2D eigenvalue weighted by molar-refractivity contribution is 0.339. The molecule has 3 atom stereocenters. The molecule has 0 saturated heterocycles. The van der Waals surface area contributed by atoms with Crippen molar-refractivity contribution in [2.45, 2.75) is 112 Å². The molecule has 20 heavy (non-hydrogen) atoms. The lowest BCUT2D eigenvalue weighted by Gasteiger charge is -2.18. The van der Waals surface area contributed by atoms with Gasteiger partial charge in [-0.1, -0.05) is 105 Å². The maximum Gasteiger partial charge on any atom is -0.0440 e. The quantitative estimate of drug-likeness (QED) is 0.287. The molecule has 0 N–H and O–H groups in total. The Labute approximate surface area is 130 Å². The number of rotatable bonds is 14. The minimum atomic E-state index is 0.927. The fraction of sp³-hybridized carbons (Fsp3) is 1.00. The lowest BCUT2D eigenvalue weighted by Crippen LogP contribution is -2.05. The van der Waals surface area contributed by atoms with Crippen molar-refractivity contribution in [3.05, 3.63) is 0 Å². The summed E-state index contributed by atoms with van der Waals surface area (Å²) in [6.45, 7) is 11.9. The van der Waals surface area contributed by atoms with Crippen LogP contribution < -0.4 is 0 Å². The SMILES string of the molecule is CCCCCCCCCC(C)CC(C)CCC(C)CC. The highest BCUT2D eigenvalue weighted by molar-refractivity contribution is 4.62. The molecule has 0 nitrogen and oxygen atoms in total. The zero-order valence-corrected chi connectivity index (χ0v) is 15.2. The van der Waals surface area contributed by atoms with E-state index in [1.54, 1.807) is 0 Å². The van der Waals surface area contributed by atoms with Crippen molar-refractivity contribution < 1.29 is 0 Å². The Morgan fingerprint density at radius 2 is 1.05 bits per heavy atom. The van der Waals surface area contributed by atoms with Gasteiger partial charge in [0.15, 0.2) is 0 Å². The van der Waals surface area contributed by atoms with Gasteiger partial charge in [-0.25, -0.2) is 0 Å². The van der Waals surface area contributed by atoms with E-state index in [4.69, 9.17) is 0 Å². The van der Waals surface area contributed by atoms with E-state index in [0.717, 1.165) is 17.8 Å². The summed E-state index contributed by atoms with van der Waals surface area (Å²) >= 11 is 0. The number of hydrogen-bond acceptors (Lipinski definition) is 0. The van der Waals surface area contributed by atoms with Gasteiger partial charge in [-0.15, -0.1) is 0 Å². The van der Waals surface area contributed by atoms with Crippen LogP contribution in [0.4, 0.5) is 0 Å². The maximum absolute atomic E-state index is 2.47. The van der Waals surface area contributed by atoms with Crippen molar-refractivity contribution in [1.82, 2.24) is 0 Å². The summed E-state index contributed by atoms with van der Waals surface area (Å²) in [5.74, 6) is 2.80. The molecule has 0 aliphatic rings. The largest absolute Gasteiger partial charge is 0.0654 e. The van der Waals surface area contributed by atoms with Gasteiger partial charge in [0.1, 0.15) is 0 Å². The third-order valence-corrected chi connectivity index (χ3v) is 4.95. The van der Waals surface area contributed by atoms with Crippen molar-refractivity contribution in [1.29, 1.82) is 0 Å². The van der Waals surface area contributed by atoms with Gasteiger partial charge in [0, 0.05) is 0 Å². The molecule has 0 heterocycles. The van der Waals surface area contributed by atoms with E-state index in [-0.39, 0.29) is 0 Å². The monoisotopic (exact) mass is 282 g/mol. The summed E-state index contributed by atoms with van der Waals surface area (Å²) in [5.41, 5.74) is 0. The van der Waals surface area contributed by atoms with Gasteiger partial charge in [-0.3, -0.25) is 0 Å². The predicted molar refractivity (Wildman–Crippen MR) is 94.2 cm³/mol. The second-order valence-corrected chi connectivity index (χ2v) is 7.45. The summed E-state index contributed by atoms with van der Waals surface area (Å²) in [4.78, 5) is 0. The van der Waals surface area contributed by atoms with E-state index in [1.807, 2.05) is 0 Å². The Balaban J connectivity index is 3.41. The van der Waals surface area contributed by atoms with Crippen molar-refractivity contribution in [3.8, 4) is 0 Å². The number of unbranched alkanes of at least 4 members (excludes halogenated alkanes) is 6. The third-order valence-electron chi connectivity index (χ3n) is 4.95. The highest BCUT2D eigenvalue weighted by atomic mass is 14.2. The summed E-state index contributed by atoms with van der Waals surface area (Å²) < 4.78 is 0. The van der Waals surface area contributed by atoms with Gasteiger partial charge in [-0.2, -0.15) is 0 Å². The first-order valence-electron chi connectivity index (χ1n) is 9.60. The molecule has 122 valence electrons. The summed E-state index contributed by atoms with van der Waals surface area (Å²) in [6, 6.07) is 0. The van der Waals surface area contributed by atoms with Crippen LogP contribution in [0.25, 0.3) is 0 Å². The first kappa shape index (κ1) is 20.0. The molecule has 0 amide bonds. The summed E-state index contributed by atoms with van der Waals surface area (Å²) in [6.07, 6.45) is 17.3. The molecule has 0 radical (unpaired) electrons. The summed E-state index contributed by atoms with van der Waals surface area (Å²) in [5, 5.41) is 0. The standard InChI is InChI=1S/C20H42/c1-6-8-9-10-11-12-13-14-19(4)17-20(5)16-15-18(3)7-2/h18-20H,6-17H2,1-5H3. The van der Waals surface area contributed by atoms with E-state index in [0.29, 0.717) is 0 Å². The van der Waals surface area contributed by atoms with Gasteiger partial charge >= 0.3 is 0 Å². The second kappa shape index (κ2) is 14.0. The van der Waals surface area contributed by atoms with E-state index >= 15 is 0 Å². The molecule has 0 spiro atoms. The van der Waals surface area contributed by atoms with Gasteiger partial charge in [0.2, 0.25) is 0 Å². The van der Waals surface area contributed by atoms with Crippen LogP contribution in [0, 0.1) is 17.8 Å². The van der Waals surface area contributed by atoms with E-state index in [2.05, 4.69) is 34.6 Å².